The van der Waals surface area contributed by atoms with Crippen molar-refractivity contribution in [1.29, 1.82) is 0 Å². The molecule has 2 heterocycles. The fraction of sp³-hybridized carbons (Fsp3) is 0.267. The number of fused-ring (bicyclic) bond motifs is 1. The molecule has 1 atom stereocenters. The zero-order chi connectivity index (χ0) is 14.3. The van der Waals surface area contributed by atoms with Crippen molar-refractivity contribution >= 4 is 28.1 Å². The van der Waals surface area contributed by atoms with Crippen LogP contribution in [0, 0.1) is 6.92 Å². The minimum atomic E-state index is -0.609. The fourth-order valence-electron chi connectivity index (χ4n) is 2.37. The molecule has 2 aromatic heterocycles. The van der Waals surface area contributed by atoms with Crippen molar-refractivity contribution in [3.05, 3.63) is 45.9 Å². The van der Waals surface area contributed by atoms with Crippen LogP contribution >= 0.6 is 11.3 Å². The highest BCUT2D eigenvalue weighted by Gasteiger charge is 2.16. The van der Waals surface area contributed by atoms with Crippen LogP contribution in [0.5, 0.6) is 0 Å². The lowest BCUT2D eigenvalue weighted by atomic mass is 10.2. The molecule has 0 radical (unpaired) electrons. The van der Waals surface area contributed by atoms with E-state index in [0.29, 0.717) is 11.5 Å². The molecule has 0 spiro atoms. The van der Waals surface area contributed by atoms with Gasteiger partial charge in [-0.1, -0.05) is 0 Å². The second-order valence-electron chi connectivity index (χ2n) is 5.06. The van der Waals surface area contributed by atoms with Gasteiger partial charge in [-0.05, 0) is 53.9 Å². The maximum absolute atomic E-state index is 9.96. The molecular formula is C15H17N3OS. The summed E-state index contributed by atoms with van der Waals surface area (Å²) < 4.78 is 2.06. The quantitative estimate of drug-likeness (QED) is 0.728. The molecule has 3 rings (SSSR count). The molecule has 0 bridgehead atoms. The van der Waals surface area contributed by atoms with Crippen molar-refractivity contribution in [3.8, 4) is 0 Å². The van der Waals surface area contributed by atoms with Crippen LogP contribution in [0.4, 0.5) is 5.69 Å². The third-order valence-corrected chi connectivity index (χ3v) is 4.38. The zero-order valence-corrected chi connectivity index (χ0v) is 12.3. The largest absolute Gasteiger partial charge is 0.399 e. The van der Waals surface area contributed by atoms with Crippen molar-refractivity contribution in [2.45, 2.75) is 26.5 Å². The van der Waals surface area contributed by atoms with Gasteiger partial charge in [0.15, 0.2) is 0 Å². The number of hydrogen-bond donors (Lipinski definition) is 2. The predicted molar refractivity (Wildman–Crippen MR) is 82.9 cm³/mol. The van der Waals surface area contributed by atoms with Crippen LogP contribution < -0.4 is 5.73 Å². The van der Waals surface area contributed by atoms with Gasteiger partial charge in [-0.15, -0.1) is 0 Å². The van der Waals surface area contributed by atoms with Gasteiger partial charge in [-0.2, -0.15) is 11.3 Å². The van der Waals surface area contributed by atoms with E-state index in [1.54, 1.807) is 18.3 Å². The third kappa shape index (κ3) is 2.19. The Hall–Kier alpha value is -1.85. The first kappa shape index (κ1) is 13.1. The van der Waals surface area contributed by atoms with E-state index in [1.807, 2.05) is 18.2 Å². The highest BCUT2D eigenvalue weighted by atomic mass is 32.1. The molecule has 20 heavy (non-hydrogen) atoms. The van der Waals surface area contributed by atoms with Crippen LogP contribution in [0.15, 0.2) is 29.0 Å². The number of thiophene rings is 1. The van der Waals surface area contributed by atoms with Crippen LogP contribution in [0.25, 0.3) is 11.0 Å². The summed E-state index contributed by atoms with van der Waals surface area (Å²) in [5, 5.41) is 14.2. The van der Waals surface area contributed by atoms with E-state index in [-0.39, 0.29) is 0 Å². The number of aromatic nitrogens is 2. The number of anilines is 1. The van der Waals surface area contributed by atoms with Gasteiger partial charge in [0.1, 0.15) is 11.9 Å². The summed E-state index contributed by atoms with van der Waals surface area (Å²) in [6.07, 6.45) is -0.609. The molecule has 104 valence electrons. The Morgan fingerprint density at radius 2 is 2.20 bits per heavy atom. The van der Waals surface area contributed by atoms with Gasteiger partial charge in [0, 0.05) is 5.69 Å². The molecule has 0 aliphatic rings. The summed E-state index contributed by atoms with van der Waals surface area (Å²) in [5.74, 6) is 0.677. The average Bonchev–Trinajstić information content (AvgIpc) is 2.95. The van der Waals surface area contributed by atoms with Gasteiger partial charge in [-0.25, -0.2) is 4.98 Å². The van der Waals surface area contributed by atoms with Crippen LogP contribution in [0.1, 0.15) is 30.0 Å². The molecule has 0 saturated carbocycles. The minimum Gasteiger partial charge on any atom is -0.399 e. The number of rotatable bonds is 3. The number of hydrogen-bond acceptors (Lipinski definition) is 4. The Kier molecular flexibility index (Phi) is 3.23. The number of nitrogen functional groups attached to an aromatic ring is 1. The van der Waals surface area contributed by atoms with Crippen molar-refractivity contribution in [2.75, 3.05) is 5.73 Å². The standard InChI is InChI=1S/C15H17N3OS/c1-9-7-20-8-11(9)6-18-14-4-3-12(16)5-13(14)17-15(18)10(2)19/h3-5,7-8,10,19H,6,16H2,1-2H3. The van der Waals surface area contributed by atoms with Gasteiger partial charge >= 0.3 is 0 Å². The third-order valence-electron chi connectivity index (χ3n) is 3.47. The Balaban J connectivity index is 2.16. The summed E-state index contributed by atoms with van der Waals surface area (Å²) >= 11 is 1.69. The zero-order valence-electron chi connectivity index (χ0n) is 11.5. The van der Waals surface area contributed by atoms with Crippen LogP contribution in [0.3, 0.4) is 0 Å². The molecule has 0 fully saturated rings. The first-order valence-corrected chi connectivity index (χ1v) is 7.46. The number of benzene rings is 1. The van der Waals surface area contributed by atoms with Gasteiger partial charge in [0.05, 0.1) is 17.6 Å². The van der Waals surface area contributed by atoms with E-state index in [0.717, 1.165) is 17.6 Å². The topological polar surface area (TPSA) is 64.1 Å². The lowest BCUT2D eigenvalue weighted by Gasteiger charge is -2.11. The second-order valence-corrected chi connectivity index (χ2v) is 5.80. The normalized spacial score (nSPS) is 12.9. The average molecular weight is 287 g/mol. The molecule has 1 unspecified atom stereocenters. The summed E-state index contributed by atoms with van der Waals surface area (Å²) in [5.41, 5.74) is 10.8. The van der Waals surface area contributed by atoms with Crippen LogP contribution in [-0.4, -0.2) is 14.7 Å². The molecule has 0 aliphatic carbocycles. The molecule has 3 N–H and O–H groups in total. The van der Waals surface area contributed by atoms with Gasteiger partial charge in [0.2, 0.25) is 0 Å². The van der Waals surface area contributed by atoms with Gasteiger partial charge in [-0.3, -0.25) is 0 Å². The van der Waals surface area contributed by atoms with Crippen molar-refractivity contribution in [1.82, 2.24) is 9.55 Å². The number of aryl methyl sites for hydroxylation is 1. The number of nitrogens with zero attached hydrogens (tertiary/aromatic N) is 2. The SMILES string of the molecule is Cc1cscc1Cn1c(C(C)O)nc2cc(N)ccc21. The lowest BCUT2D eigenvalue weighted by Crippen LogP contribution is -2.08. The highest BCUT2D eigenvalue weighted by Crippen LogP contribution is 2.25. The monoisotopic (exact) mass is 287 g/mol. The Labute approximate surface area is 121 Å². The van der Waals surface area contributed by atoms with Crippen LogP contribution in [0.2, 0.25) is 0 Å². The molecule has 4 nitrogen and oxygen atoms in total. The molecular weight excluding hydrogens is 270 g/mol. The van der Waals surface area contributed by atoms with Crippen LogP contribution in [-0.2, 0) is 6.54 Å². The summed E-state index contributed by atoms with van der Waals surface area (Å²) in [4.78, 5) is 4.52. The molecule has 0 saturated heterocycles. The summed E-state index contributed by atoms with van der Waals surface area (Å²) in [6, 6.07) is 5.68. The Morgan fingerprint density at radius 1 is 1.40 bits per heavy atom. The van der Waals surface area contributed by atoms with Gasteiger partial charge < -0.3 is 15.4 Å². The summed E-state index contributed by atoms with van der Waals surface area (Å²) in [7, 11) is 0. The van der Waals surface area contributed by atoms with Crippen molar-refractivity contribution in [3.63, 3.8) is 0 Å². The van der Waals surface area contributed by atoms with E-state index in [9.17, 15) is 5.11 Å². The number of imidazole rings is 1. The second kappa shape index (κ2) is 4.92. The number of aliphatic hydroxyl groups is 1. The maximum atomic E-state index is 9.96. The first-order valence-electron chi connectivity index (χ1n) is 6.51. The van der Waals surface area contributed by atoms with E-state index >= 15 is 0 Å². The molecule has 3 aromatic rings. The number of aliphatic hydroxyl groups excluding tert-OH is 1. The molecule has 1 aromatic carbocycles. The highest BCUT2D eigenvalue weighted by molar-refractivity contribution is 7.08. The maximum Gasteiger partial charge on any atom is 0.138 e. The van der Waals surface area contributed by atoms with Crippen molar-refractivity contribution < 1.29 is 5.11 Å². The van der Waals surface area contributed by atoms with E-state index in [4.69, 9.17) is 5.73 Å². The lowest BCUT2D eigenvalue weighted by molar-refractivity contribution is 0.185. The minimum absolute atomic E-state index is 0.609. The molecule has 0 aliphatic heterocycles. The predicted octanol–water partition coefficient (Wildman–Crippen LogP) is 3.09. The summed E-state index contributed by atoms with van der Waals surface area (Å²) in [6.45, 7) is 4.56. The Bertz CT molecular complexity index is 758. The van der Waals surface area contributed by atoms with Crippen molar-refractivity contribution in [2.24, 2.45) is 0 Å². The van der Waals surface area contributed by atoms with Gasteiger partial charge in [0.25, 0.3) is 0 Å². The number of nitrogens with two attached hydrogens (primary N) is 1. The first-order chi connectivity index (χ1) is 9.56. The van der Waals surface area contributed by atoms with E-state index in [1.165, 1.54) is 11.1 Å². The fourth-order valence-corrected chi connectivity index (χ4v) is 3.22. The molecule has 5 heteroatoms. The van der Waals surface area contributed by atoms with E-state index in [2.05, 4.69) is 27.2 Å². The smallest absolute Gasteiger partial charge is 0.138 e. The molecule has 0 amide bonds. The van der Waals surface area contributed by atoms with E-state index < -0.39 is 6.10 Å². The Morgan fingerprint density at radius 3 is 2.85 bits per heavy atom.